The Morgan fingerprint density at radius 2 is 1.67 bits per heavy atom. The number of hydrogen-bond acceptors (Lipinski definition) is 4. The van der Waals surface area contributed by atoms with Crippen molar-refractivity contribution in [3.05, 3.63) is 0 Å². The quantitative estimate of drug-likeness (QED) is 0.650. The van der Waals surface area contributed by atoms with Crippen LogP contribution >= 0.6 is 0 Å². The number of nitrogens with one attached hydrogen (secondary N) is 2. The second-order valence-corrected chi connectivity index (χ2v) is 7.66. The normalized spacial score (nSPS) is 16.2. The molecular weight excluding hydrogens is 250 g/mol. The molecule has 110 valence electrons. The average Bonchev–Trinajstić information content (AvgIpc) is 2.22. The molecule has 0 aromatic rings. The molecule has 0 aliphatic rings. The molecule has 0 aliphatic carbocycles. The minimum Gasteiger partial charge on any atom is -0.313 e. The van der Waals surface area contributed by atoms with Gasteiger partial charge >= 0.3 is 0 Å². The predicted octanol–water partition coefficient (Wildman–Crippen LogP) is 0.633. The van der Waals surface area contributed by atoms with Gasteiger partial charge in [0.15, 0.2) is 0 Å². The van der Waals surface area contributed by atoms with E-state index in [4.69, 9.17) is 0 Å². The summed E-state index contributed by atoms with van der Waals surface area (Å²) in [6.45, 7) is 9.01. The third kappa shape index (κ3) is 8.02. The fraction of sp³-hybridized carbons (Fsp3) is 1.00. The van der Waals surface area contributed by atoms with Crippen LogP contribution in [0, 0.1) is 0 Å². The van der Waals surface area contributed by atoms with Gasteiger partial charge in [0.05, 0.1) is 5.25 Å². The third-order valence-corrected chi connectivity index (χ3v) is 4.68. The third-order valence-electron chi connectivity index (χ3n) is 2.72. The molecule has 5 nitrogen and oxygen atoms in total. The van der Waals surface area contributed by atoms with E-state index in [2.05, 4.69) is 14.9 Å². The lowest BCUT2D eigenvalue weighted by molar-refractivity contribution is 0.378. The summed E-state index contributed by atoms with van der Waals surface area (Å²) in [6, 6.07) is 0.271. The van der Waals surface area contributed by atoms with Gasteiger partial charge in [0, 0.05) is 18.6 Å². The Balaban J connectivity index is 4.20. The molecule has 0 bridgehead atoms. The molecule has 0 aromatic heterocycles. The van der Waals surface area contributed by atoms with Crippen LogP contribution in [-0.2, 0) is 10.0 Å². The van der Waals surface area contributed by atoms with Crippen LogP contribution in [0.25, 0.3) is 0 Å². The highest BCUT2D eigenvalue weighted by atomic mass is 32.2. The average molecular weight is 279 g/mol. The van der Waals surface area contributed by atoms with Gasteiger partial charge in [-0.05, 0) is 40.9 Å². The van der Waals surface area contributed by atoms with Crippen molar-refractivity contribution in [2.24, 2.45) is 0 Å². The summed E-state index contributed by atoms with van der Waals surface area (Å²) in [5, 5.41) is 2.73. The monoisotopic (exact) mass is 279 g/mol. The van der Waals surface area contributed by atoms with Gasteiger partial charge in [-0.1, -0.05) is 13.8 Å². The minimum absolute atomic E-state index is 0.0288. The van der Waals surface area contributed by atoms with E-state index in [9.17, 15) is 8.42 Å². The maximum Gasteiger partial charge on any atom is 0.215 e. The molecule has 0 saturated heterocycles. The van der Waals surface area contributed by atoms with Gasteiger partial charge in [0.1, 0.15) is 0 Å². The molecule has 0 amide bonds. The molecule has 0 fully saturated rings. The van der Waals surface area contributed by atoms with Crippen LogP contribution in [0.3, 0.4) is 0 Å². The van der Waals surface area contributed by atoms with Gasteiger partial charge in [-0.2, -0.15) is 0 Å². The Labute approximate surface area is 112 Å². The van der Waals surface area contributed by atoms with Crippen LogP contribution in [0.15, 0.2) is 0 Å². The smallest absolute Gasteiger partial charge is 0.215 e. The molecule has 2 atom stereocenters. The van der Waals surface area contributed by atoms with Gasteiger partial charge in [-0.3, -0.25) is 0 Å². The number of nitrogens with zero attached hydrogens (tertiary/aromatic N) is 1. The highest BCUT2D eigenvalue weighted by molar-refractivity contribution is 7.90. The van der Waals surface area contributed by atoms with Crippen LogP contribution in [0.4, 0.5) is 0 Å². The molecule has 0 heterocycles. The second kappa shape index (κ2) is 8.09. The summed E-state index contributed by atoms with van der Waals surface area (Å²) in [5.74, 6) is 0. The highest BCUT2D eigenvalue weighted by Gasteiger charge is 2.22. The molecule has 0 rings (SSSR count). The molecular formula is C12H29N3O2S. The maximum atomic E-state index is 12.0. The molecule has 18 heavy (non-hydrogen) atoms. The van der Waals surface area contributed by atoms with Crippen LogP contribution < -0.4 is 10.0 Å². The fourth-order valence-electron chi connectivity index (χ4n) is 1.42. The van der Waals surface area contributed by atoms with E-state index in [-0.39, 0.29) is 6.04 Å². The second-order valence-electron chi connectivity index (χ2n) is 5.53. The van der Waals surface area contributed by atoms with Crippen LogP contribution in [-0.4, -0.2) is 57.8 Å². The molecule has 2 unspecified atom stereocenters. The predicted molar refractivity (Wildman–Crippen MR) is 77.3 cm³/mol. The zero-order chi connectivity index (χ0) is 14.3. The topological polar surface area (TPSA) is 61.4 Å². The van der Waals surface area contributed by atoms with E-state index < -0.39 is 15.3 Å². The van der Waals surface area contributed by atoms with Gasteiger partial charge in [0.25, 0.3) is 0 Å². The summed E-state index contributed by atoms with van der Waals surface area (Å²) in [7, 11) is 0.731. The SMILES string of the molecule is CC(C)NCC(C)S(=O)(=O)NC(C)CCN(C)C. The summed E-state index contributed by atoms with van der Waals surface area (Å²) in [4.78, 5) is 2.05. The lowest BCUT2D eigenvalue weighted by Crippen LogP contribution is -2.44. The fourth-order valence-corrected chi connectivity index (χ4v) is 2.65. The van der Waals surface area contributed by atoms with E-state index in [1.54, 1.807) is 6.92 Å². The summed E-state index contributed by atoms with van der Waals surface area (Å²) in [6.07, 6.45) is 0.816. The summed E-state index contributed by atoms with van der Waals surface area (Å²) < 4.78 is 26.8. The molecule has 0 radical (unpaired) electrons. The first kappa shape index (κ1) is 17.8. The first-order chi connectivity index (χ1) is 8.15. The lowest BCUT2D eigenvalue weighted by Gasteiger charge is -2.21. The van der Waals surface area contributed by atoms with Gasteiger partial charge in [0.2, 0.25) is 10.0 Å². The highest BCUT2D eigenvalue weighted by Crippen LogP contribution is 2.02. The largest absolute Gasteiger partial charge is 0.313 e. The maximum absolute atomic E-state index is 12.0. The minimum atomic E-state index is -3.23. The summed E-state index contributed by atoms with van der Waals surface area (Å²) >= 11 is 0. The first-order valence-corrected chi connectivity index (χ1v) is 8.09. The molecule has 2 N–H and O–H groups in total. The van der Waals surface area contributed by atoms with Crippen molar-refractivity contribution in [3.63, 3.8) is 0 Å². The molecule has 0 spiro atoms. The molecule has 0 aromatic carbocycles. The Kier molecular flexibility index (Phi) is 8.02. The van der Waals surface area contributed by atoms with Crippen LogP contribution in [0.5, 0.6) is 0 Å². The zero-order valence-electron chi connectivity index (χ0n) is 12.5. The Morgan fingerprint density at radius 1 is 1.11 bits per heavy atom. The molecule has 0 aliphatic heterocycles. The van der Waals surface area contributed by atoms with E-state index in [0.29, 0.717) is 12.6 Å². The van der Waals surface area contributed by atoms with Crippen molar-refractivity contribution in [2.75, 3.05) is 27.2 Å². The van der Waals surface area contributed by atoms with Gasteiger partial charge in [-0.15, -0.1) is 0 Å². The van der Waals surface area contributed by atoms with Crippen LogP contribution in [0.2, 0.25) is 0 Å². The van der Waals surface area contributed by atoms with E-state index in [1.165, 1.54) is 0 Å². The van der Waals surface area contributed by atoms with Crippen molar-refractivity contribution < 1.29 is 8.42 Å². The summed E-state index contributed by atoms with van der Waals surface area (Å²) in [5.41, 5.74) is 0. The van der Waals surface area contributed by atoms with Crippen molar-refractivity contribution >= 4 is 10.0 Å². The van der Waals surface area contributed by atoms with E-state index >= 15 is 0 Å². The number of sulfonamides is 1. The van der Waals surface area contributed by atoms with Crippen LogP contribution in [0.1, 0.15) is 34.1 Å². The number of rotatable bonds is 9. The standard InChI is InChI=1S/C12H29N3O2S/c1-10(2)13-9-12(4)18(16,17)14-11(3)7-8-15(5)6/h10-14H,7-9H2,1-6H3. The molecule has 6 heteroatoms. The molecule has 0 saturated carbocycles. The van der Waals surface area contributed by atoms with Gasteiger partial charge in [-0.25, -0.2) is 13.1 Å². The van der Waals surface area contributed by atoms with Crippen molar-refractivity contribution in [1.82, 2.24) is 14.9 Å². The van der Waals surface area contributed by atoms with E-state index in [1.807, 2.05) is 34.9 Å². The Morgan fingerprint density at radius 3 is 2.11 bits per heavy atom. The van der Waals surface area contributed by atoms with Crippen molar-refractivity contribution in [2.45, 2.75) is 51.4 Å². The van der Waals surface area contributed by atoms with E-state index in [0.717, 1.165) is 13.0 Å². The Bertz CT molecular complexity index is 315. The number of hydrogen-bond donors (Lipinski definition) is 2. The first-order valence-electron chi connectivity index (χ1n) is 6.54. The lowest BCUT2D eigenvalue weighted by atomic mass is 10.2. The van der Waals surface area contributed by atoms with Crippen molar-refractivity contribution in [1.29, 1.82) is 0 Å². The van der Waals surface area contributed by atoms with Crippen molar-refractivity contribution in [3.8, 4) is 0 Å². The van der Waals surface area contributed by atoms with Gasteiger partial charge < -0.3 is 10.2 Å². The zero-order valence-corrected chi connectivity index (χ0v) is 13.3. The Hall–Kier alpha value is -0.170.